The molecule has 2 saturated heterocycles. The first-order valence-corrected chi connectivity index (χ1v) is 20.9. The van der Waals surface area contributed by atoms with Crippen molar-refractivity contribution in [1.29, 1.82) is 0 Å². The van der Waals surface area contributed by atoms with Crippen LogP contribution in [0.3, 0.4) is 0 Å². The van der Waals surface area contributed by atoms with Crippen molar-refractivity contribution in [2.45, 2.75) is 77.5 Å². The monoisotopic (exact) mass is 886 g/mol. The number of carbonyl (C=O) groups is 8. The highest BCUT2D eigenvalue weighted by molar-refractivity contribution is 6.03. The summed E-state index contributed by atoms with van der Waals surface area (Å²) in [7, 11) is 0. The lowest BCUT2D eigenvalue weighted by Crippen LogP contribution is -2.53. The highest BCUT2D eigenvalue weighted by Crippen LogP contribution is 2.22. The predicted molar refractivity (Wildman–Crippen MR) is 232 cm³/mol. The molecule has 0 saturated carbocycles. The molecule has 0 unspecified atom stereocenters. The Morgan fingerprint density at radius 2 is 1.03 bits per heavy atom. The van der Waals surface area contributed by atoms with Gasteiger partial charge in [-0.05, 0) is 89.8 Å². The van der Waals surface area contributed by atoms with Crippen molar-refractivity contribution < 1.29 is 47.8 Å². The molecule has 0 aliphatic carbocycles. The number of rotatable bonds is 14. The fourth-order valence-electron chi connectivity index (χ4n) is 7.58. The first-order chi connectivity index (χ1) is 30.6. The van der Waals surface area contributed by atoms with E-state index >= 15 is 0 Å². The van der Waals surface area contributed by atoms with Crippen molar-refractivity contribution in [1.82, 2.24) is 41.0 Å². The van der Waals surface area contributed by atoms with Crippen LogP contribution in [0.15, 0.2) is 46.0 Å². The van der Waals surface area contributed by atoms with Gasteiger partial charge in [0.05, 0.1) is 24.2 Å². The summed E-state index contributed by atoms with van der Waals surface area (Å²) in [6.07, 6.45) is 1.81. The summed E-state index contributed by atoms with van der Waals surface area (Å²) in [6, 6.07) is 3.88. The van der Waals surface area contributed by atoms with Gasteiger partial charge in [-0.25, -0.2) is 9.59 Å². The third-order valence-corrected chi connectivity index (χ3v) is 10.8. The lowest BCUT2D eigenvalue weighted by molar-refractivity contribution is -0.142. The van der Waals surface area contributed by atoms with E-state index in [1.165, 1.54) is 60.0 Å². The Morgan fingerprint density at radius 1 is 0.641 bits per heavy atom. The number of amides is 8. The van der Waals surface area contributed by atoms with E-state index in [9.17, 15) is 47.9 Å². The number of hydrogen-bond donors (Lipinski definition) is 8. The average Bonchev–Trinajstić information content (AvgIpc) is 3.98. The molecule has 0 spiro atoms. The summed E-state index contributed by atoms with van der Waals surface area (Å²) in [5.41, 5.74) is -0.115. The SMILES string of the molecule is CCOC(=O)CNC(=O)N1CCC[C@H]1C(=O)N[C@H](C)C(=O)Nc1ccc2[nH]c3c(=O)c4cc(NC(=O)[C@@H](C)NC(=O)[C@@H]5CCCN5C(=O)NCC(=O)OCC)ccc4[nH]c3c(=O)c2c1. The van der Waals surface area contributed by atoms with Crippen molar-refractivity contribution in [2.24, 2.45) is 0 Å². The number of carbonyl (C=O) groups excluding carboxylic acids is 8. The van der Waals surface area contributed by atoms with Crippen LogP contribution in [0.5, 0.6) is 0 Å². The van der Waals surface area contributed by atoms with E-state index < -0.39 is 82.7 Å². The van der Waals surface area contributed by atoms with Crippen LogP contribution in [0.1, 0.15) is 53.4 Å². The number of H-pyrrole nitrogens is 2. The van der Waals surface area contributed by atoms with Crippen LogP contribution in [0.25, 0.3) is 32.8 Å². The van der Waals surface area contributed by atoms with E-state index in [1.54, 1.807) is 13.8 Å². The van der Waals surface area contributed by atoms with Gasteiger partial charge in [-0.15, -0.1) is 0 Å². The number of nitrogens with one attached hydrogen (secondary N) is 8. The van der Waals surface area contributed by atoms with Gasteiger partial charge in [0.2, 0.25) is 34.5 Å². The molecule has 2 aliphatic rings. The highest BCUT2D eigenvalue weighted by Gasteiger charge is 2.37. The summed E-state index contributed by atoms with van der Waals surface area (Å²) in [5, 5.41) is 15.8. The van der Waals surface area contributed by atoms with Crippen LogP contribution >= 0.6 is 0 Å². The second kappa shape index (κ2) is 20.1. The molecule has 2 fully saturated rings. The molecule has 8 N–H and O–H groups in total. The number of pyridine rings is 2. The van der Waals surface area contributed by atoms with E-state index in [4.69, 9.17) is 9.47 Å². The molecule has 2 aromatic heterocycles. The minimum atomic E-state index is -1.05. The van der Waals surface area contributed by atoms with Crippen molar-refractivity contribution in [3.05, 3.63) is 56.8 Å². The van der Waals surface area contributed by atoms with Crippen molar-refractivity contribution >= 4 is 91.8 Å². The quantitative estimate of drug-likeness (QED) is 0.0647. The number of nitrogens with zero attached hydrogens (tertiary/aromatic N) is 2. The number of likely N-dealkylation sites (tertiary alicyclic amines) is 2. The lowest BCUT2D eigenvalue weighted by atomic mass is 10.1. The minimum Gasteiger partial charge on any atom is -0.465 e. The molecule has 4 atom stereocenters. The smallest absolute Gasteiger partial charge is 0.325 e. The summed E-state index contributed by atoms with van der Waals surface area (Å²) < 4.78 is 9.63. The summed E-state index contributed by atoms with van der Waals surface area (Å²) in [6.45, 7) is 6.38. The summed E-state index contributed by atoms with van der Waals surface area (Å²) in [4.78, 5) is 138. The second-order valence-electron chi connectivity index (χ2n) is 15.2. The van der Waals surface area contributed by atoms with Crippen LogP contribution in [-0.4, -0.2) is 131 Å². The Bertz CT molecular complexity index is 2470. The fraction of sp³-hybridized carbons (Fsp3) is 0.429. The van der Waals surface area contributed by atoms with Crippen LogP contribution < -0.4 is 42.8 Å². The second-order valence-corrected chi connectivity index (χ2v) is 15.2. The fourth-order valence-corrected chi connectivity index (χ4v) is 7.58. The van der Waals surface area contributed by atoms with Gasteiger partial charge < -0.3 is 61.1 Å². The number of aromatic nitrogens is 2. The molecule has 2 aromatic carbocycles. The maximum absolute atomic E-state index is 13.8. The minimum absolute atomic E-state index is 0.0369. The van der Waals surface area contributed by atoms with Gasteiger partial charge in [0.1, 0.15) is 48.3 Å². The molecular weight excluding hydrogens is 837 g/mol. The Balaban J connectivity index is 1.09. The van der Waals surface area contributed by atoms with Crippen molar-refractivity contribution in [3.63, 3.8) is 0 Å². The molecule has 340 valence electrons. The van der Waals surface area contributed by atoms with Crippen LogP contribution in [0.2, 0.25) is 0 Å². The zero-order valence-corrected chi connectivity index (χ0v) is 35.6. The zero-order valence-electron chi connectivity index (χ0n) is 35.6. The van der Waals surface area contributed by atoms with Gasteiger partial charge in [-0.2, -0.15) is 0 Å². The topological polar surface area (TPSA) is 299 Å². The molecule has 0 bridgehead atoms. The first-order valence-electron chi connectivity index (χ1n) is 20.9. The molecule has 22 nitrogen and oxygen atoms in total. The number of anilines is 2. The number of ether oxygens (including phenoxy) is 2. The number of esters is 2. The Kier molecular flexibility index (Phi) is 14.5. The van der Waals surface area contributed by atoms with Gasteiger partial charge in [0.15, 0.2) is 0 Å². The Morgan fingerprint density at radius 3 is 1.41 bits per heavy atom. The van der Waals surface area contributed by atoms with Gasteiger partial charge in [-0.3, -0.25) is 38.4 Å². The van der Waals surface area contributed by atoms with E-state index in [2.05, 4.69) is 41.9 Å². The molecule has 6 rings (SSSR count). The Hall–Kier alpha value is -7.52. The van der Waals surface area contributed by atoms with Gasteiger partial charge >= 0.3 is 24.0 Å². The zero-order chi connectivity index (χ0) is 46.2. The Labute approximate surface area is 364 Å². The number of hydrogen-bond acceptors (Lipinski definition) is 12. The van der Waals surface area contributed by atoms with Crippen molar-refractivity contribution in [3.8, 4) is 0 Å². The first kappa shape index (κ1) is 46.0. The molecule has 0 radical (unpaired) electrons. The maximum Gasteiger partial charge on any atom is 0.325 e. The third kappa shape index (κ3) is 10.4. The summed E-state index contributed by atoms with van der Waals surface area (Å²) >= 11 is 0. The van der Waals surface area contributed by atoms with Crippen LogP contribution in [-0.2, 0) is 38.2 Å². The van der Waals surface area contributed by atoms with E-state index in [0.29, 0.717) is 25.7 Å². The third-order valence-electron chi connectivity index (χ3n) is 10.8. The molecule has 64 heavy (non-hydrogen) atoms. The molecule has 2 aliphatic heterocycles. The van der Waals surface area contributed by atoms with Crippen LogP contribution in [0, 0.1) is 0 Å². The largest absolute Gasteiger partial charge is 0.465 e. The van der Waals surface area contributed by atoms with Gasteiger partial charge in [0, 0.05) is 35.2 Å². The number of urea groups is 2. The van der Waals surface area contributed by atoms with E-state index in [1.807, 2.05) is 0 Å². The molecule has 4 heterocycles. The van der Waals surface area contributed by atoms with Gasteiger partial charge in [-0.1, -0.05) is 0 Å². The summed E-state index contributed by atoms with van der Waals surface area (Å²) in [5.74, 6) is -3.54. The maximum atomic E-state index is 13.8. The highest BCUT2D eigenvalue weighted by atomic mass is 16.5. The van der Waals surface area contributed by atoms with E-state index in [-0.39, 0.29) is 83.6 Å². The number of benzene rings is 2. The molecular formula is C42H50N10O12. The van der Waals surface area contributed by atoms with E-state index in [0.717, 1.165) is 0 Å². The standard InChI is InChI=1S/C42H50N10O12/c1-5-63-31(53)19-43-41(61)51-15-7-9-29(51)39(59)45-21(3)37(57)47-23-11-13-27-25(17-23)35(55)33-34(49-27)36(56)26-18-24(12-14-28(26)50-33)48-38(58)22(4)46-40(60)30-10-8-16-52(30)42(62)44-20-32(54)64-6-2/h11-14,17-18,21-22,29-30H,5-10,15-16,19-20H2,1-4H3,(H,43,61)(H,44,62)(H,45,59)(H,46,60)(H,47,57)(H,48,58)(H,49,55)(H,50,56)/t21-,22-,29+,30+/m1/s1. The lowest BCUT2D eigenvalue weighted by Gasteiger charge is -2.25. The molecule has 4 aromatic rings. The predicted octanol–water partition coefficient (Wildman–Crippen LogP) is 0.883. The average molecular weight is 887 g/mol. The van der Waals surface area contributed by atoms with Gasteiger partial charge in [0.25, 0.3) is 0 Å². The molecule has 22 heteroatoms. The number of fused-ring (bicyclic) bond motifs is 3. The van der Waals surface area contributed by atoms with Crippen molar-refractivity contribution in [2.75, 3.05) is 50.0 Å². The number of aromatic amines is 2. The normalized spacial score (nSPS) is 16.8. The molecule has 8 amide bonds. The van der Waals surface area contributed by atoms with Crippen LogP contribution in [0.4, 0.5) is 21.0 Å².